The van der Waals surface area contributed by atoms with Gasteiger partial charge in [0.05, 0.1) is 36.4 Å². The van der Waals surface area contributed by atoms with Crippen molar-refractivity contribution in [3.05, 3.63) is 66.5 Å². The monoisotopic (exact) mass is 688 g/mol. The van der Waals surface area contributed by atoms with Gasteiger partial charge >= 0.3 is 12.1 Å². The Bertz CT molecular complexity index is 1210. The van der Waals surface area contributed by atoms with Gasteiger partial charge in [-0.1, -0.05) is 71.6 Å². The van der Waals surface area contributed by atoms with Gasteiger partial charge in [-0.15, -0.1) is 0 Å². The summed E-state index contributed by atoms with van der Waals surface area (Å²) in [5, 5.41) is 34.0. The van der Waals surface area contributed by atoms with Crippen molar-refractivity contribution in [1.29, 1.82) is 0 Å². The largest absolute Gasteiger partial charge is 0.457 e. The molecule has 49 heavy (non-hydrogen) atoms. The van der Waals surface area contributed by atoms with Crippen LogP contribution in [0.25, 0.3) is 0 Å². The fraction of sp³-hybridized carbons (Fsp3) is 0.658. The minimum atomic E-state index is -1.42. The number of aliphatic hydroxyl groups is 3. The number of aliphatic hydroxyl groups excluding tert-OH is 2. The quantitative estimate of drug-likeness (QED) is 0.102. The standard InChI is InChI=1S/C26H36N2O6.C12H24O3/c1-5-8-18(2)24-19(3)9-6-11-22(26(4,32)13-12-21(29)15-23(30)34-24)33-25(31)28-17-20-10-7-14-27-16-20;1-6-9(14-5)8(4)11-12(15-11)10(13)7(2)3/h5-10,14,16,19,21-22,24,29,32H,1,11-13,15,17H2,2-4H3,(H,28,31);7-13H,6H2,1-5H3/b9-6+,18-8+;. The number of carbonyl (C=O) groups excluding carboxylic acids is 2. The van der Waals surface area contributed by atoms with E-state index in [4.69, 9.17) is 18.9 Å². The SMILES string of the molecule is C=C/C=C(\C)C1OC(=O)CC(O)CCC(C)(O)C(OC(=O)NCc2cccnc2)C/C=C/C1C.CCC(OC)C(C)C1OC1C(O)C(C)C. The third-order valence-electron chi connectivity index (χ3n) is 9.23. The van der Waals surface area contributed by atoms with E-state index in [0.717, 1.165) is 17.6 Å². The second kappa shape index (κ2) is 20.6. The highest BCUT2D eigenvalue weighted by Gasteiger charge is 2.50. The molecule has 1 fully saturated rings. The zero-order valence-electron chi connectivity index (χ0n) is 30.6. The summed E-state index contributed by atoms with van der Waals surface area (Å²) in [6, 6.07) is 3.60. The van der Waals surface area contributed by atoms with Gasteiger partial charge < -0.3 is 39.6 Å². The number of ether oxygens (including phenoxy) is 4. The van der Waals surface area contributed by atoms with Crippen LogP contribution in [0.1, 0.15) is 86.1 Å². The minimum absolute atomic E-state index is 0.0178. The van der Waals surface area contributed by atoms with Gasteiger partial charge in [0.1, 0.15) is 18.3 Å². The Morgan fingerprint density at radius 2 is 2.00 bits per heavy atom. The zero-order valence-corrected chi connectivity index (χ0v) is 30.6. The van der Waals surface area contributed by atoms with Crippen molar-refractivity contribution in [3.63, 3.8) is 0 Å². The van der Waals surface area contributed by atoms with Crippen LogP contribution >= 0.6 is 0 Å². The van der Waals surface area contributed by atoms with Crippen LogP contribution in [0.2, 0.25) is 0 Å². The summed E-state index contributed by atoms with van der Waals surface area (Å²) >= 11 is 0. The van der Waals surface area contributed by atoms with Crippen molar-refractivity contribution in [1.82, 2.24) is 10.3 Å². The first kappa shape index (κ1) is 42.1. The van der Waals surface area contributed by atoms with E-state index < -0.39 is 36.0 Å². The molecule has 1 amide bonds. The third-order valence-corrected chi connectivity index (χ3v) is 9.23. The van der Waals surface area contributed by atoms with Gasteiger partial charge in [0.15, 0.2) is 0 Å². The molecule has 1 aromatic rings. The summed E-state index contributed by atoms with van der Waals surface area (Å²) in [5.74, 6) is -0.0905. The first-order valence-corrected chi connectivity index (χ1v) is 17.4. The number of nitrogens with zero attached hydrogens (tertiary/aromatic N) is 1. The van der Waals surface area contributed by atoms with E-state index in [-0.39, 0.29) is 68.5 Å². The number of methoxy groups -OCH3 is 1. The first-order chi connectivity index (χ1) is 23.1. The van der Waals surface area contributed by atoms with E-state index in [1.54, 1.807) is 44.6 Å². The number of amides is 1. The van der Waals surface area contributed by atoms with Crippen LogP contribution in [-0.4, -0.2) is 87.8 Å². The molecule has 11 nitrogen and oxygen atoms in total. The molecule has 0 bridgehead atoms. The molecule has 1 aromatic heterocycles. The highest BCUT2D eigenvalue weighted by atomic mass is 16.6. The molecular formula is C38H60N2O9. The number of allylic oxidation sites excluding steroid dienone is 2. The molecule has 0 spiro atoms. The topological polar surface area (TPSA) is 160 Å². The summed E-state index contributed by atoms with van der Waals surface area (Å²) in [6.45, 7) is 17.5. The molecule has 0 saturated carbocycles. The van der Waals surface area contributed by atoms with Crippen molar-refractivity contribution in [2.45, 2.75) is 135 Å². The number of pyridine rings is 1. The molecular weight excluding hydrogens is 628 g/mol. The lowest BCUT2D eigenvalue weighted by molar-refractivity contribution is -0.151. The maximum absolute atomic E-state index is 12.5. The fourth-order valence-electron chi connectivity index (χ4n) is 5.97. The lowest BCUT2D eigenvalue weighted by atomic mass is 9.89. The van der Waals surface area contributed by atoms with Crippen LogP contribution in [0.15, 0.2) is 61.0 Å². The van der Waals surface area contributed by atoms with Gasteiger partial charge in [-0.25, -0.2) is 4.79 Å². The van der Waals surface area contributed by atoms with Crippen LogP contribution < -0.4 is 5.32 Å². The van der Waals surface area contributed by atoms with Gasteiger partial charge in [-0.2, -0.15) is 0 Å². The predicted molar refractivity (Wildman–Crippen MR) is 188 cm³/mol. The lowest BCUT2D eigenvalue weighted by Gasteiger charge is -2.32. The van der Waals surface area contributed by atoms with Crippen LogP contribution in [0.4, 0.5) is 4.79 Å². The molecule has 10 unspecified atom stereocenters. The van der Waals surface area contributed by atoms with Crippen LogP contribution in [0, 0.1) is 17.8 Å². The molecule has 3 rings (SSSR count). The van der Waals surface area contributed by atoms with Gasteiger partial charge in [-0.05, 0) is 56.2 Å². The highest BCUT2D eigenvalue weighted by Crippen LogP contribution is 2.37. The molecule has 2 aliphatic heterocycles. The molecule has 0 aromatic carbocycles. The highest BCUT2D eigenvalue weighted by molar-refractivity contribution is 5.70. The summed E-state index contributed by atoms with van der Waals surface area (Å²) < 4.78 is 22.2. The number of hydrogen-bond acceptors (Lipinski definition) is 10. The smallest absolute Gasteiger partial charge is 0.407 e. The Hall–Kier alpha value is -3.09. The minimum Gasteiger partial charge on any atom is -0.457 e. The number of cyclic esters (lactones) is 1. The summed E-state index contributed by atoms with van der Waals surface area (Å²) in [4.78, 5) is 28.9. The lowest BCUT2D eigenvalue weighted by Crippen LogP contribution is -2.44. The average molecular weight is 689 g/mol. The van der Waals surface area contributed by atoms with Crippen LogP contribution in [0.5, 0.6) is 0 Å². The van der Waals surface area contributed by atoms with E-state index in [0.29, 0.717) is 5.92 Å². The van der Waals surface area contributed by atoms with Crippen LogP contribution in [-0.2, 0) is 30.3 Å². The number of rotatable bonds is 11. The number of nitrogens with one attached hydrogen (secondary N) is 1. The van der Waals surface area contributed by atoms with Gasteiger partial charge in [-0.3, -0.25) is 9.78 Å². The molecule has 0 aliphatic carbocycles. The predicted octanol–water partition coefficient (Wildman–Crippen LogP) is 5.43. The van der Waals surface area contributed by atoms with Crippen molar-refractivity contribution in [3.8, 4) is 0 Å². The molecule has 2 aliphatic rings. The molecule has 4 N–H and O–H groups in total. The normalized spacial score (nSPS) is 30.4. The maximum atomic E-state index is 12.5. The molecule has 11 heteroatoms. The second-order valence-corrected chi connectivity index (χ2v) is 13.8. The van der Waals surface area contributed by atoms with Gasteiger partial charge in [0, 0.05) is 44.3 Å². The number of aromatic nitrogens is 1. The Balaban J connectivity index is 0.000000462. The maximum Gasteiger partial charge on any atom is 0.407 e. The zero-order chi connectivity index (χ0) is 36.7. The Kier molecular flexibility index (Phi) is 17.6. The van der Waals surface area contributed by atoms with E-state index in [2.05, 4.69) is 30.7 Å². The van der Waals surface area contributed by atoms with E-state index in [1.807, 2.05) is 45.9 Å². The summed E-state index contributed by atoms with van der Waals surface area (Å²) in [5.41, 5.74) is 0.215. The van der Waals surface area contributed by atoms with E-state index in [9.17, 15) is 24.9 Å². The van der Waals surface area contributed by atoms with Gasteiger partial charge in [0.2, 0.25) is 0 Å². The average Bonchev–Trinajstić information content (AvgIpc) is 3.86. The van der Waals surface area contributed by atoms with Crippen molar-refractivity contribution >= 4 is 12.1 Å². The first-order valence-electron chi connectivity index (χ1n) is 17.4. The summed E-state index contributed by atoms with van der Waals surface area (Å²) in [6.07, 6.45) is 8.72. The number of alkyl carbamates (subject to hydrolysis) is 1. The van der Waals surface area contributed by atoms with E-state index >= 15 is 0 Å². The second-order valence-electron chi connectivity index (χ2n) is 13.8. The van der Waals surface area contributed by atoms with Crippen LogP contribution in [0.3, 0.4) is 0 Å². The van der Waals surface area contributed by atoms with E-state index in [1.165, 1.54) is 0 Å². The molecule has 0 radical (unpaired) electrons. The number of carbonyl (C=O) groups is 2. The Labute approximate surface area is 292 Å². The van der Waals surface area contributed by atoms with Gasteiger partial charge in [0.25, 0.3) is 0 Å². The third kappa shape index (κ3) is 14.0. The number of epoxide rings is 1. The Morgan fingerprint density at radius 3 is 2.59 bits per heavy atom. The number of esters is 1. The number of hydrogen-bond donors (Lipinski definition) is 4. The van der Waals surface area contributed by atoms with Crippen molar-refractivity contribution in [2.75, 3.05) is 7.11 Å². The van der Waals surface area contributed by atoms with Crippen molar-refractivity contribution < 1.29 is 43.9 Å². The molecule has 276 valence electrons. The molecule has 1 saturated heterocycles. The molecule has 3 heterocycles. The Morgan fingerprint density at radius 1 is 1.29 bits per heavy atom. The van der Waals surface area contributed by atoms with Crippen molar-refractivity contribution in [2.24, 2.45) is 17.8 Å². The summed E-state index contributed by atoms with van der Waals surface area (Å²) in [7, 11) is 1.74. The molecule has 10 atom stereocenters. The fourth-order valence-corrected chi connectivity index (χ4v) is 5.97.